The van der Waals surface area contributed by atoms with Crippen LogP contribution in [0.1, 0.15) is 36.9 Å². The summed E-state index contributed by atoms with van der Waals surface area (Å²) in [6.07, 6.45) is 9.38. The predicted molar refractivity (Wildman–Crippen MR) is 121 cm³/mol. The summed E-state index contributed by atoms with van der Waals surface area (Å²) in [6.45, 7) is 4.99. The molecule has 3 aliphatic carbocycles. The van der Waals surface area contributed by atoms with Crippen molar-refractivity contribution in [1.29, 1.82) is 0 Å². The first-order valence-electron chi connectivity index (χ1n) is 10.8. The summed E-state index contributed by atoms with van der Waals surface area (Å²) in [4.78, 5) is 15.3. The molecular formula is C26H27ClN2O. The zero-order valence-corrected chi connectivity index (χ0v) is 18.1. The van der Waals surface area contributed by atoms with Crippen LogP contribution in [-0.4, -0.2) is 23.5 Å². The van der Waals surface area contributed by atoms with Gasteiger partial charge in [0.25, 0.3) is 0 Å². The van der Waals surface area contributed by atoms with Gasteiger partial charge in [-0.25, -0.2) is 4.79 Å². The third-order valence-corrected chi connectivity index (χ3v) is 7.70. The molecule has 1 N–H and O–H groups in total. The number of nitrogens with one attached hydrogen (secondary N) is 1. The van der Waals surface area contributed by atoms with Gasteiger partial charge in [-0.15, -0.1) is 0 Å². The Hall–Kier alpha value is -2.52. The number of halogens is 1. The second-order valence-electron chi connectivity index (χ2n) is 8.89. The lowest BCUT2D eigenvalue weighted by atomic mass is 9.56. The van der Waals surface area contributed by atoms with E-state index in [0.29, 0.717) is 17.8 Å². The second-order valence-corrected chi connectivity index (χ2v) is 9.33. The van der Waals surface area contributed by atoms with Crippen LogP contribution in [0, 0.1) is 17.3 Å². The third-order valence-electron chi connectivity index (χ3n) is 7.44. The molecular weight excluding hydrogens is 392 g/mol. The minimum atomic E-state index is -0.105. The van der Waals surface area contributed by atoms with Crippen molar-refractivity contribution in [1.82, 2.24) is 10.2 Å². The van der Waals surface area contributed by atoms with Gasteiger partial charge in [-0.2, -0.15) is 0 Å². The molecule has 0 saturated carbocycles. The maximum atomic E-state index is 13.3. The van der Waals surface area contributed by atoms with E-state index in [2.05, 4.69) is 60.8 Å². The molecule has 0 unspecified atom stereocenters. The van der Waals surface area contributed by atoms with Crippen LogP contribution in [0.2, 0.25) is 5.02 Å². The van der Waals surface area contributed by atoms with Crippen LogP contribution in [0.25, 0.3) is 0 Å². The van der Waals surface area contributed by atoms with Gasteiger partial charge in [0, 0.05) is 28.9 Å². The fraction of sp³-hybridized carbons (Fsp3) is 0.346. The summed E-state index contributed by atoms with van der Waals surface area (Å²) >= 11 is 6.14. The number of likely N-dealkylation sites (tertiary alicyclic amines) is 1. The van der Waals surface area contributed by atoms with E-state index < -0.39 is 0 Å². The minimum absolute atomic E-state index is 0.0164. The first-order valence-corrected chi connectivity index (χ1v) is 11.1. The topological polar surface area (TPSA) is 32.3 Å². The van der Waals surface area contributed by atoms with Gasteiger partial charge in [-0.1, -0.05) is 78.4 Å². The standard InChI is InChI=1S/C26H27ClN2O/c1-17(19-6-4-3-5-7-19)28-25(30)29-16-23-24(20-8-10-22(27)11-9-20)21-12-14-26(23,15-13-21)18(29)2/h3-15,17-18,21,23-24H,16H2,1-2H3,(H,28,30)/t17-,18-,21?,23-,24+,26?/m0/s1. The highest BCUT2D eigenvalue weighted by Gasteiger charge is 2.58. The van der Waals surface area contributed by atoms with Gasteiger partial charge in [0.05, 0.1) is 6.04 Å². The molecule has 4 aliphatic rings. The van der Waals surface area contributed by atoms with Gasteiger partial charge in [-0.05, 0) is 48.9 Å². The fourth-order valence-electron chi connectivity index (χ4n) is 5.73. The Balaban J connectivity index is 1.41. The fourth-order valence-corrected chi connectivity index (χ4v) is 5.86. The molecule has 2 aromatic rings. The summed E-state index contributed by atoms with van der Waals surface area (Å²) in [5.41, 5.74) is 2.32. The van der Waals surface area contributed by atoms with E-state index in [1.165, 1.54) is 5.56 Å². The normalized spacial score (nSPS) is 32.2. The molecule has 6 rings (SSSR count). The second kappa shape index (κ2) is 7.31. The summed E-state index contributed by atoms with van der Waals surface area (Å²) in [7, 11) is 0. The van der Waals surface area contributed by atoms with Crippen LogP contribution >= 0.6 is 11.6 Å². The molecule has 0 radical (unpaired) electrons. The number of nitrogens with zero attached hydrogens (tertiary/aromatic N) is 1. The van der Waals surface area contributed by atoms with Crippen LogP contribution in [-0.2, 0) is 0 Å². The van der Waals surface area contributed by atoms with Crippen molar-refractivity contribution in [3.05, 3.63) is 95.1 Å². The summed E-state index contributed by atoms with van der Waals surface area (Å²) in [5, 5.41) is 3.98. The smallest absolute Gasteiger partial charge is 0.318 e. The largest absolute Gasteiger partial charge is 0.331 e. The molecule has 1 heterocycles. The van der Waals surface area contributed by atoms with Crippen LogP contribution in [0.15, 0.2) is 78.9 Å². The molecule has 1 fully saturated rings. The Labute approximate surface area is 183 Å². The Morgan fingerprint density at radius 1 is 1.10 bits per heavy atom. The van der Waals surface area contributed by atoms with E-state index in [4.69, 9.17) is 11.6 Å². The van der Waals surface area contributed by atoms with Crippen LogP contribution < -0.4 is 5.32 Å². The highest BCUT2D eigenvalue weighted by atomic mass is 35.5. The van der Waals surface area contributed by atoms with Gasteiger partial charge in [-0.3, -0.25) is 0 Å². The molecule has 2 amide bonds. The lowest BCUT2D eigenvalue weighted by Gasteiger charge is -2.47. The number of rotatable bonds is 3. The Morgan fingerprint density at radius 2 is 1.77 bits per heavy atom. The van der Waals surface area contributed by atoms with Gasteiger partial charge in [0.15, 0.2) is 0 Å². The van der Waals surface area contributed by atoms with Gasteiger partial charge in [0.1, 0.15) is 0 Å². The number of hydrogen-bond donors (Lipinski definition) is 1. The van der Waals surface area contributed by atoms with Crippen molar-refractivity contribution in [2.45, 2.75) is 31.8 Å². The SMILES string of the molecule is C[C@H](NC(=O)N1C[C@H]2[C@H](c3ccc(Cl)cc3)C3C=CC2(C=C3)[C@@H]1C)c1ccccc1. The number of amides is 2. The zero-order valence-electron chi connectivity index (χ0n) is 17.3. The van der Waals surface area contributed by atoms with E-state index in [1.54, 1.807) is 0 Å². The summed E-state index contributed by atoms with van der Waals surface area (Å²) in [6, 6.07) is 18.5. The maximum Gasteiger partial charge on any atom is 0.318 e. The Kier molecular flexibility index (Phi) is 4.74. The molecule has 0 aromatic heterocycles. The van der Waals surface area contributed by atoms with E-state index >= 15 is 0 Å². The molecule has 4 heteroatoms. The maximum absolute atomic E-state index is 13.3. The number of hydrogen-bond acceptors (Lipinski definition) is 1. The lowest BCUT2D eigenvalue weighted by molar-refractivity contribution is 0.182. The number of benzene rings is 2. The minimum Gasteiger partial charge on any atom is -0.331 e. The number of carbonyl (C=O) groups excluding carboxylic acids is 1. The van der Waals surface area contributed by atoms with Gasteiger partial charge >= 0.3 is 6.03 Å². The van der Waals surface area contributed by atoms with Gasteiger partial charge in [0.2, 0.25) is 0 Å². The molecule has 1 aliphatic heterocycles. The Morgan fingerprint density at radius 3 is 2.43 bits per heavy atom. The number of allylic oxidation sites excluding steroid dienone is 2. The van der Waals surface area contributed by atoms with Crippen LogP contribution in [0.4, 0.5) is 4.79 Å². The molecule has 1 saturated heterocycles. The highest BCUT2D eigenvalue weighted by molar-refractivity contribution is 6.30. The number of carbonyl (C=O) groups is 1. The summed E-state index contributed by atoms with van der Waals surface area (Å²) in [5.74, 6) is 1.10. The molecule has 3 nitrogen and oxygen atoms in total. The lowest BCUT2D eigenvalue weighted by Crippen LogP contribution is -2.46. The van der Waals surface area contributed by atoms with Crippen LogP contribution in [0.3, 0.4) is 0 Å². The van der Waals surface area contributed by atoms with Crippen molar-refractivity contribution >= 4 is 17.6 Å². The molecule has 1 spiro atoms. The first kappa shape index (κ1) is 19.4. The van der Waals surface area contributed by atoms with Crippen molar-refractivity contribution < 1.29 is 4.79 Å². The molecule has 2 bridgehead atoms. The van der Waals surface area contributed by atoms with E-state index in [-0.39, 0.29) is 23.5 Å². The van der Waals surface area contributed by atoms with E-state index in [9.17, 15) is 4.79 Å². The van der Waals surface area contributed by atoms with Crippen molar-refractivity contribution in [3.63, 3.8) is 0 Å². The number of urea groups is 1. The van der Waals surface area contributed by atoms with Crippen LogP contribution in [0.5, 0.6) is 0 Å². The van der Waals surface area contributed by atoms with Crippen molar-refractivity contribution in [3.8, 4) is 0 Å². The average Bonchev–Trinajstić information content (AvgIpc) is 3.08. The first-order chi connectivity index (χ1) is 14.5. The molecule has 4 atom stereocenters. The quantitative estimate of drug-likeness (QED) is 0.613. The monoisotopic (exact) mass is 418 g/mol. The van der Waals surface area contributed by atoms with Crippen molar-refractivity contribution in [2.75, 3.05) is 6.54 Å². The highest BCUT2D eigenvalue weighted by Crippen LogP contribution is 2.59. The molecule has 2 aromatic carbocycles. The van der Waals surface area contributed by atoms with Crippen molar-refractivity contribution in [2.24, 2.45) is 17.3 Å². The van der Waals surface area contributed by atoms with Gasteiger partial charge < -0.3 is 10.2 Å². The third kappa shape index (κ3) is 2.99. The van der Waals surface area contributed by atoms with E-state index in [0.717, 1.165) is 17.1 Å². The zero-order chi connectivity index (χ0) is 20.9. The average molecular weight is 419 g/mol. The molecule has 154 valence electrons. The summed E-state index contributed by atoms with van der Waals surface area (Å²) < 4.78 is 0. The van der Waals surface area contributed by atoms with E-state index in [1.807, 2.05) is 42.2 Å². The molecule has 30 heavy (non-hydrogen) atoms. The predicted octanol–water partition coefficient (Wildman–Crippen LogP) is 5.96. The Bertz CT molecular complexity index is 983.